The second kappa shape index (κ2) is 6.35. The zero-order valence-electron chi connectivity index (χ0n) is 13.6. The van der Waals surface area contributed by atoms with Crippen LogP contribution >= 0.6 is 22.7 Å². The quantitative estimate of drug-likeness (QED) is 0.854. The van der Waals surface area contributed by atoms with E-state index in [1.807, 2.05) is 6.92 Å². The van der Waals surface area contributed by atoms with E-state index in [0.29, 0.717) is 0 Å². The molecule has 0 N–H and O–H groups in total. The molecule has 0 radical (unpaired) electrons. The minimum Gasteiger partial charge on any atom is -0.368 e. The van der Waals surface area contributed by atoms with Crippen molar-refractivity contribution < 1.29 is 4.74 Å². The third-order valence-corrected chi connectivity index (χ3v) is 6.01. The third kappa shape index (κ3) is 3.74. The first-order valence-corrected chi connectivity index (χ1v) is 9.38. The highest BCUT2D eigenvalue weighted by molar-refractivity contribution is 7.10. The van der Waals surface area contributed by atoms with Gasteiger partial charge in [0.1, 0.15) is 11.1 Å². The number of ether oxygens (including phenoxy) is 1. The maximum Gasteiger partial charge on any atom is 0.123 e. The molecule has 1 unspecified atom stereocenters. The normalized spacial score (nSPS) is 20.5. The summed E-state index contributed by atoms with van der Waals surface area (Å²) in [5.41, 5.74) is 2.38. The molecule has 0 bridgehead atoms. The molecule has 1 aliphatic heterocycles. The lowest BCUT2D eigenvalue weighted by atomic mass is 9.98. The number of nitrogens with zero attached hydrogens (tertiary/aromatic N) is 3. The van der Waals surface area contributed by atoms with Crippen molar-refractivity contribution in [2.24, 2.45) is 0 Å². The number of morpholine rings is 1. The predicted molar refractivity (Wildman–Crippen MR) is 91.6 cm³/mol. The van der Waals surface area contributed by atoms with E-state index in [2.05, 4.69) is 41.4 Å². The van der Waals surface area contributed by atoms with Crippen LogP contribution in [-0.4, -0.2) is 34.6 Å². The molecule has 22 heavy (non-hydrogen) atoms. The molecular formula is C16H23N3OS2. The van der Waals surface area contributed by atoms with Gasteiger partial charge in [0.05, 0.1) is 17.3 Å². The standard InChI is InChI=1S/C16H23N3OS2/c1-11-9-21-14(17-11)13-8-19(5-6-20-13)7-12-10-22-15(18-12)16(2,3)4/h9-10,13H,5-8H2,1-4H3. The van der Waals surface area contributed by atoms with Gasteiger partial charge in [-0.05, 0) is 6.92 Å². The van der Waals surface area contributed by atoms with Gasteiger partial charge < -0.3 is 4.74 Å². The van der Waals surface area contributed by atoms with Gasteiger partial charge in [-0.3, -0.25) is 4.90 Å². The highest BCUT2D eigenvalue weighted by Crippen LogP contribution is 2.28. The predicted octanol–water partition coefficient (Wildman–Crippen LogP) is 3.78. The molecule has 1 saturated heterocycles. The second-order valence-corrected chi connectivity index (χ2v) is 8.56. The fourth-order valence-corrected chi connectivity index (χ4v) is 4.20. The molecule has 3 rings (SSSR count). The Kier molecular flexibility index (Phi) is 4.64. The van der Waals surface area contributed by atoms with Crippen LogP contribution in [0.15, 0.2) is 10.8 Å². The van der Waals surface area contributed by atoms with Crippen LogP contribution in [0.2, 0.25) is 0 Å². The average Bonchev–Trinajstić information content (AvgIpc) is 3.08. The largest absolute Gasteiger partial charge is 0.368 e. The molecule has 3 heterocycles. The van der Waals surface area contributed by atoms with Gasteiger partial charge in [0.15, 0.2) is 0 Å². The molecule has 0 amide bonds. The third-order valence-electron chi connectivity index (χ3n) is 3.64. The van der Waals surface area contributed by atoms with Crippen molar-refractivity contribution in [3.05, 3.63) is 32.2 Å². The number of aryl methyl sites for hydroxylation is 1. The fourth-order valence-electron chi connectivity index (χ4n) is 2.47. The molecule has 2 aromatic rings. The van der Waals surface area contributed by atoms with E-state index in [4.69, 9.17) is 9.72 Å². The summed E-state index contributed by atoms with van der Waals surface area (Å²) in [6.07, 6.45) is 0.105. The van der Waals surface area contributed by atoms with Crippen LogP contribution in [-0.2, 0) is 16.7 Å². The van der Waals surface area contributed by atoms with Crippen LogP contribution in [0, 0.1) is 6.92 Å². The molecule has 6 heteroatoms. The first-order chi connectivity index (χ1) is 10.4. The Morgan fingerprint density at radius 2 is 2.09 bits per heavy atom. The van der Waals surface area contributed by atoms with Crippen LogP contribution in [0.3, 0.4) is 0 Å². The van der Waals surface area contributed by atoms with Crippen LogP contribution in [0.4, 0.5) is 0 Å². The Hall–Kier alpha value is -0.820. The van der Waals surface area contributed by atoms with Crippen molar-refractivity contribution in [1.82, 2.24) is 14.9 Å². The Morgan fingerprint density at radius 1 is 1.27 bits per heavy atom. The van der Waals surface area contributed by atoms with Gasteiger partial charge in [0.2, 0.25) is 0 Å². The number of hydrogen-bond donors (Lipinski definition) is 0. The number of hydrogen-bond acceptors (Lipinski definition) is 6. The van der Waals surface area contributed by atoms with Crippen molar-refractivity contribution in [2.45, 2.75) is 45.8 Å². The highest BCUT2D eigenvalue weighted by atomic mass is 32.1. The van der Waals surface area contributed by atoms with E-state index in [-0.39, 0.29) is 11.5 Å². The molecule has 1 fully saturated rings. The lowest BCUT2D eigenvalue weighted by molar-refractivity contribution is -0.0333. The van der Waals surface area contributed by atoms with E-state index in [1.54, 1.807) is 22.7 Å². The van der Waals surface area contributed by atoms with E-state index in [1.165, 1.54) is 10.7 Å². The van der Waals surface area contributed by atoms with Crippen LogP contribution in [0.25, 0.3) is 0 Å². The molecule has 120 valence electrons. The summed E-state index contributed by atoms with van der Waals surface area (Å²) < 4.78 is 5.89. The molecule has 2 aromatic heterocycles. The van der Waals surface area contributed by atoms with Crippen molar-refractivity contribution >= 4 is 22.7 Å². The number of thiazole rings is 2. The summed E-state index contributed by atoms with van der Waals surface area (Å²) in [7, 11) is 0. The molecule has 0 aromatic carbocycles. The molecule has 0 saturated carbocycles. The average molecular weight is 338 g/mol. The van der Waals surface area contributed by atoms with Crippen LogP contribution in [0.5, 0.6) is 0 Å². The Labute approximate surface area is 140 Å². The van der Waals surface area contributed by atoms with Crippen molar-refractivity contribution in [2.75, 3.05) is 19.7 Å². The summed E-state index contributed by atoms with van der Waals surface area (Å²) in [4.78, 5) is 11.8. The fraction of sp³-hybridized carbons (Fsp3) is 0.625. The van der Waals surface area contributed by atoms with Crippen molar-refractivity contribution in [1.29, 1.82) is 0 Å². The first-order valence-electron chi connectivity index (χ1n) is 7.62. The Balaban J connectivity index is 1.64. The SMILES string of the molecule is Cc1csc(C2CN(Cc3csc(C(C)(C)C)n3)CCO2)n1. The van der Waals surface area contributed by atoms with Gasteiger partial charge in [0.25, 0.3) is 0 Å². The Morgan fingerprint density at radius 3 is 2.73 bits per heavy atom. The summed E-state index contributed by atoms with van der Waals surface area (Å²) in [5, 5.41) is 6.59. The smallest absolute Gasteiger partial charge is 0.123 e. The first kappa shape index (κ1) is 16.1. The zero-order chi connectivity index (χ0) is 15.7. The van der Waals surface area contributed by atoms with Gasteiger partial charge in [-0.25, -0.2) is 9.97 Å². The van der Waals surface area contributed by atoms with Crippen LogP contribution in [0.1, 0.15) is 48.3 Å². The minimum absolute atomic E-state index is 0.105. The van der Waals surface area contributed by atoms with E-state index in [9.17, 15) is 0 Å². The van der Waals surface area contributed by atoms with Gasteiger partial charge in [-0.15, -0.1) is 22.7 Å². The molecule has 0 aliphatic carbocycles. The molecular weight excluding hydrogens is 314 g/mol. The molecule has 1 aliphatic rings. The summed E-state index contributed by atoms with van der Waals surface area (Å²) in [5.74, 6) is 0. The lowest BCUT2D eigenvalue weighted by Gasteiger charge is -2.31. The number of rotatable bonds is 3. The van der Waals surface area contributed by atoms with Crippen LogP contribution < -0.4 is 0 Å². The minimum atomic E-state index is 0.105. The van der Waals surface area contributed by atoms with E-state index >= 15 is 0 Å². The maximum atomic E-state index is 5.89. The Bertz CT molecular complexity index is 629. The van der Waals surface area contributed by atoms with Gasteiger partial charge in [-0.1, -0.05) is 20.8 Å². The highest BCUT2D eigenvalue weighted by Gasteiger charge is 2.25. The van der Waals surface area contributed by atoms with E-state index in [0.717, 1.165) is 36.9 Å². The van der Waals surface area contributed by atoms with Gasteiger partial charge in [-0.2, -0.15) is 0 Å². The molecule has 0 spiro atoms. The monoisotopic (exact) mass is 337 g/mol. The second-order valence-electron chi connectivity index (χ2n) is 6.82. The number of aromatic nitrogens is 2. The van der Waals surface area contributed by atoms with Gasteiger partial charge in [0, 0.05) is 41.5 Å². The molecule has 1 atom stereocenters. The van der Waals surface area contributed by atoms with Crippen molar-refractivity contribution in [3.63, 3.8) is 0 Å². The summed E-state index contributed by atoms with van der Waals surface area (Å²) >= 11 is 3.46. The van der Waals surface area contributed by atoms with Crippen molar-refractivity contribution in [3.8, 4) is 0 Å². The maximum absolute atomic E-state index is 5.89. The summed E-state index contributed by atoms with van der Waals surface area (Å²) in [6.45, 7) is 12.2. The molecule has 4 nitrogen and oxygen atoms in total. The zero-order valence-corrected chi connectivity index (χ0v) is 15.3. The van der Waals surface area contributed by atoms with E-state index < -0.39 is 0 Å². The topological polar surface area (TPSA) is 38.2 Å². The summed E-state index contributed by atoms with van der Waals surface area (Å²) in [6, 6.07) is 0. The lowest BCUT2D eigenvalue weighted by Crippen LogP contribution is -2.37. The van der Waals surface area contributed by atoms with Gasteiger partial charge >= 0.3 is 0 Å².